The van der Waals surface area contributed by atoms with Gasteiger partial charge in [-0.25, -0.2) is 4.72 Å². The van der Waals surface area contributed by atoms with Crippen molar-refractivity contribution in [3.05, 3.63) is 84.4 Å². The first kappa shape index (κ1) is 24.4. The van der Waals surface area contributed by atoms with Crippen molar-refractivity contribution in [1.29, 1.82) is 0 Å². The number of rotatable bonds is 8. The number of nitrogens with one attached hydrogen (secondary N) is 2. The number of nitrogens with zero attached hydrogens (tertiary/aromatic N) is 1. The van der Waals surface area contributed by atoms with Crippen LogP contribution in [0, 0.1) is 0 Å². The molecule has 0 spiro atoms. The first-order chi connectivity index (χ1) is 16.9. The van der Waals surface area contributed by atoms with Gasteiger partial charge in [0.15, 0.2) is 0 Å². The van der Waals surface area contributed by atoms with E-state index in [1.54, 1.807) is 56.7 Å². The molecule has 0 aliphatic carbocycles. The zero-order chi connectivity index (χ0) is 24.9. The Morgan fingerprint density at radius 1 is 0.886 bits per heavy atom. The summed E-state index contributed by atoms with van der Waals surface area (Å²) in [7, 11) is -0.950. The van der Waals surface area contributed by atoms with Gasteiger partial charge in [-0.3, -0.25) is 9.52 Å². The molecule has 4 rings (SSSR count). The fourth-order valence-corrected chi connectivity index (χ4v) is 5.43. The van der Waals surface area contributed by atoms with Crippen LogP contribution in [-0.4, -0.2) is 41.6 Å². The Hall–Kier alpha value is -3.72. The molecule has 1 heterocycles. The quantitative estimate of drug-likeness (QED) is 0.495. The highest BCUT2D eigenvalue weighted by Crippen LogP contribution is 2.40. The highest BCUT2D eigenvalue weighted by molar-refractivity contribution is 7.91. The number of methoxy groups -OCH3 is 2. The molecule has 0 bridgehead atoms. The normalized spacial score (nSPS) is 15.2. The number of carbonyl (C=O) groups is 1. The van der Waals surface area contributed by atoms with E-state index in [9.17, 15) is 13.2 Å². The molecule has 1 aliphatic heterocycles. The van der Waals surface area contributed by atoms with E-state index in [4.69, 9.17) is 9.47 Å². The van der Waals surface area contributed by atoms with Crippen molar-refractivity contribution >= 4 is 27.5 Å². The Morgan fingerprint density at radius 2 is 1.57 bits per heavy atom. The van der Waals surface area contributed by atoms with Crippen LogP contribution in [0.1, 0.15) is 18.4 Å². The number of para-hydroxylation sites is 3. The summed E-state index contributed by atoms with van der Waals surface area (Å²) in [5, 5.41) is 0. The van der Waals surface area contributed by atoms with Gasteiger partial charge in [-0.1, -0.05) is 42.5 Å². The molecule has 3 aromatic carbocycles. The Morgan fingerprint density at radius 3 is 2.26 bits per heavy atom. The van der Waals surface area contributed by atoms with Gasteiger partial charge in [-0.05, 0) is 54.8 Å². The van der Waals surface area contributed by atoms with Crippen molar-refractivity contribution in [2.75, 3.05) is 36.9 Å². The number of ether oxygens (including phenoxy) is 2. The van der Waals surface area contributed by atoms with E-state index in [1.807, 2.05) is 36.4 Å². The largest absolute Gasteiger partial charge is 0.497 e. The van der Waals surface area contributed by atoms with Crippen LogP contribution >= 0.6 is 0 Å². The molecular weight excluding hydrogens is 466 g/mol. The van der Waals surface area contributed by atoms with E-state index in [1.165, 1.54) is 0 Å². The number of anilines is 2. The van der Waals surface area contributed by atoms with Crippen LogP contribution in [0.4, 0.5) is 11.4 Å². The van der Waals surface area contributed by atoms with Crippen LogP contribution in [0.2, 0.25) is 0 Å². The zero-order valence-electron chi connectivity index (χ0n) is 19.7. The third kappa shape index (κ3) is 5.35. The van der Waals surface area contributed by atoms with Gasteiger partial charge in [0.25, 0.3) is 0 Å². The summed E-state index contributed by atoms with van der Waals surface area (Å²) in [6.07, 6.45) is 0.815. The molecule has 0 atom stereocenters. The van der Waals surface area contributed by atoms with Crippen LogP contribution in [0.15, 0.2) is 78.9 Å². The second-order valence-electron chi connectivity index (χ2n) is 8.38. The van der Waals surface area contributed by atoms with Crippen molar-refractivity contribution in [2.24, 2.45) is 0 Å². The van der Waals surface area contributed by atoms with Crippen molar-refractivity contribution < 1.29 is 22.7 Å². The second kappa shape index (κ2) is 10.3. The maximum Gasteiger partial charge on any atom is 0.323 e. The Labute approximate surface area is 206 Å². The molecule has 1 amide bonds. The van der Waals surface area contributed by atoms with E-state index in [-0.39, 0.29) is 0 Å². The number of hydrogen-bond donors (Lipinski definition) is 2. The predicted octanol–water partition coefficient (Wildman–Crippen LogP) is 3.72. The van der Waals surface area contributed by atoms with Crippen molar-refractivity contribution in [3.8, 4) is 11.5 Å². The Bertz CT molecular complexity index is 1270. The third-order valence-corrected chi connectivity index (χ3v) is 7.31. The summed E-state index contributed by atoms with van der Waals surface area (Å²) in [5.74, 6) is 0.779. The van der Waals surface area contributed by atoms with Crippen molar-refractivity contribution in [3.63, 3.8) is 0 Å². The average molecular weight is 496 g/mol. The van der Waals surface area contributed by atoms with E-state index in [2.05, 4.69) is 14.3 Å². The minimum absolute atomic E-state index is 0.370. The standard InChI is InChI=1S/C26H29N3O5S/c1-33-22-12-8-9-20(19-22)26(25(30)28-35(31,32)27-21-10-4-3-5-11-21)15-17-29(18-16-26)23-13-6-7-14-24(23)34-2/h3-14,19,27H,15-18H2,1-2H3,(H,28,30). The smallest absolute Gasteiger partial charge is 0.323 e. The summed E-state index contributed by atoms with van der Waals surface area (Å²) in [6, 6.07) is 23.4. The van der Waals surface area contributed by atoms with Gasteiger partial charge >= 0.3 is 10.2 Å². The van der Waals surface area contributed by atoms with Crippen LogP contribution in [-0.2, 0) is 20.4 Å². The van der Waals surface area contributed by atoms with Crippen LogP contribution in [0.3, 0.4) is 0 Å². The number of carbonyl (C=O) groups excluding carboxylic acids is 1. The minimum Gasteiger partial charge on any atom is -0.497 e. The van der Waals surface area contributed by atoms with Crippen LogP contribution < -0.4 is 23.8 Å². The molecule has 2 N–H and O–H groups in total. The summed E-state index contributed by atoms with van der Waals surface area (Å²) in [4.78, 5) is 15.8. The SMILES string of the molecule is COc1cccc(C2(C(=O)NS(=O)(=O)Nc3ccccc3)CCN(c3ccccc3OC)CC2)c1. The number of amides is 1. The van der Waals surface area contributed by atoms with Gasteiger partial charge < -0.3 is 14.4 Å². The third-order valence-electron chi connectivity index (χ3n) is 6.35. The van der Waals surface area contributed by atoms with E-state index >= 15 is 0 Å². The average Bonchev–Trinajstić information content (AvgIpc) is 2.88. The van der Waals surface area contributed by atoms with E-state index in [0.29, 0.717) is 42.9 Å². The number of benzene rings is 3. The molecule has 0 aromatic heterocycles. The lowest BCUT2D eigenvalue weighted by atomic mass is 9.72. The first-order valence-corrected chi connectivity index (χ1v) is 12.8. The van der Waals surface area contributed by atoms with Gasteiger partial charge in [-0.15, -0.1) is 0 Å². The Kier molecular flexibility index (Phi) is 7.16. The topological polar surface area (TPSA) is 97.0 Å². The van der Waals surface area contributed by atoms with Gasteiger partial charge in [0.1, 0.15) is 11.5 Å². The van der Waals surface area contributed by atoms with Gasteiger partial charge in [-0.2, -0.15) is 8.42 Å². The molecule has 3 aromatic rings. The van der Waals surface area contributed by atoms with E-state index < -0.39 is 21.5 Å². The van der Waals surface area contributed by atoms with Gasteiger partial charge in [0.2, 0.25) is 5.91 Å². The molecule has 0 saturated carbocycles. The van der Waals surface area contributed by atoms with E-state index in [0.717, 1.165) is 11.4 Å². The molecule has 1 aliphatic rings. The summed E-state index contributed by atoms with van der Waals surface area (Å²) in [5.41, 5.74) is 0.963. The predicted molar refractivity (Wildman–Crippen MR) is 136 cm³/mol. The number of piperidine rings is 1. The molecule has 184 valence electrons. The molecule has 0 unspecified atom stereocenters. The second-order valence-corrected chi connectivity index (χ2v) is 9.79. The Balaban J connectivity index is 1.62. The van der Waals surface area contributed by atoms with Crippen molar-refractivity contribution in [1.82, 2.24) is 4.72 Å². The maximum absolute atomic E-state index is 13.7. The molecule has 8 nitrogen and oxygen atoms in total. The molecule has 1 fully saturated rings. The lowest BCUT2D eigenvalue weighted by molar-refractivity contribution is -0.125. The molecule has 0 radical (unpaired) electrons. The first-order valence-electron chi connectivity index (χ1n) is 11.3. The molecule has 1 saturated heterocycles. The van der Waals surface area contributed by atoms with Crippen LogP contribution in [0.5, 0.6) is 11.5 Å². The summed E-state index contributed by atoms with van der Waals surface area (Å²) < 4.78 is 41.2. The monoisotopic (exact) mass is 495 g/mol. The maximum atomic E-state index is 13.7. The fraction of sp³-hybridized carbons (Fsp3) is 0.269. The fourth-order valence-electron chi connectivity index (χ4n) is 4.49. The highest BCUT2D eigenvalue weighted by atomic mass is 32.2. The molecule has 9 heteroatoms. The van der Waals surface area contributed by atoms with Gasteiger partial charge in [0, 0.05) is 13.1 Å². The van der Waals surface area contributed by atoms with Gasteiger partial charge in [0.05, 0.1) is 31.0 Å². The lowest BCUT2D eigenvalue weighted by Gasteiger charge is -2.42. The van der Waals surface area contributed by atoms with Crippen molar-refractivity contribution in [2.45, 2.75) is 18.3 Å². The molecule has 35 heavy (non-hydrogen) atoms. The lowest BCUT2D eigenvalue weighted by Crippen LogP contribution is -2.53. The number of hydrogen-bond acceptors (Lipinski definition) is 6. The summed E-state index contributed by atoms with van der Waals surface area (Å²) >= 11 is 0. The van der Waals surface area contributed by atoms with Crippen LogP contribution in [0.25, 0.3) is 0 Å². The molecular formula is C26H29N3O5S. The highest BCUT2D eigenvalue weighted by Gasteiger charge is 2.45. The summed E-state index contributed by atoms with van der Waals surface area (Å²) in [6.45, 7) is 1.08. The minimum atomic E-state index is -4.14. The zero-order valence-corrected chi connectivity index (χ0v) is 20.5.